The second-order valence-electron chi connectivity index (χ2n) is 4.97. The molecule has 0 spiro atoms. The van der Waals surface area contributed by atoms with Crippen LogP contribution in [0.2, 0.25) is 0 Å². The Morgan fingerprint density at radius 1 is 1.04 bits per heavy atom. The van der Waals surface area contributed by atoms with E-state index in [1.165, 1.54) is 5.32 Å². The lowest BCUT2D eigenvalue weighted by molar-refractivity contribution is -0.286. The molecule has 1 rings (SSSR count). The van der Waals surface area contributed by atoms with Gasteiger partial charge in [0.15, 0.2) is 5.92 Å². The number of alkyl halides is 6. The summed E-state index contributed by atoms with van der Waals surface area (Å²) in [7, 11) is 0. The quantitative estimate of drug-likeness (QED) is 0.749. The topological polar surface area (TPSA) is 75.6 Å². The molecule has 1 aromatic rings. The lowest BCUT2D eigenvalue weighted by atomic mass is 9.98. The molecule has 140 valence electrons. The molecule has 0 aliphatic rings. The fraction of sp³-hybridized carbons (Fsp3) is 0.429. The number of carboxylic acids is 1. The average molecular weight is 373 g/mol. The standard InChI is InChI=1S/C14H13F6NO4/c15-13(16,17)10(14(18,19)20)6-9(11(22)23)21-12(24)25-7-8-4-2-1-3-5-8/h1-5,9-10H,6-7H2,(H,21,24)(H,22,23)/t9-/m1/s1. The summed E-state index contributed by atoms with van der Waals surface area (Å²) in [4.78, 5) is 22.3. The Labute approximate surface area is 137 Å². The van der Waals surface area contributed by atoms with Crippen molar-refractivity contribution in [3.05, 3.63) is 35.9 Å². The summed E-state index contributed by atoms with van der Waals surface area (Å²) in [6.45, 7) is -0.332. The van der Waals surface area contributed by atoms with E-state index in [2.05, 4.69) is 4.74 Å². The van der Waals surface area contributed by atoms with Gasteiger partial charge in [0, 0.05) is 0 Å². The Morgan fingerprint density at radius 2 is 1.56 bits per heavy atom. The fourth-order valence-electron chi connectivity index (χ4n) is 1.82. The van der Waals surface area contributed by atoms with Crippen LogP contribution in [0, 0.1) is 5.92 Å². The van der Waals surface area contributed by atoms with Gasteiger partial charge in [0.2, 0.25) is 0 Å². The normalized spacial score (nSPS) is 13.4. The number of nitrogens with one attached hydrogen (secondary N) is 1. The zero-order chi connectivity index (χ0) is 19.3. The molecule has 0 fully saturated rings. The van der Waals surface area contributed by atoms with Gasteiger partial charge in [-0.2, -0.15) is 26.3 Å². The van der Waals surface area contributed by atoms with Gasteiger partial charge in [0.1, 0.15) is 12.6 Å². The second-order valence-corrected chi connectivity index (χ2v) is 4.97. The van der Waals surface area contributed by atoms with Crippen molar-refractivity contribution in [3.8, 4) is 0 Å². The van der Waals surface area contributed by atoms with Crippen LogP contribution in [0.15, 0.2) is 30.3 Å². The number of amides is 1. The van der Waals surface area contributed by atoms with Crippen molar-refractivity contribution >= 4 is 12.1 Å². The van der Waals surface area contributed by atoms with E-state index in [0.29, 0.717) is 5.56 Å². The molecule has 0 aliphatic heterocycles. The molecular weight excluding hydrogens is 360 g/mol. The molecule has 0 aliphatic carbocycles. The summed E-state index contributed by atoms with van der Waals surface area (Å²) in [5.74, 6) is -5.94. The molecule has 0 saturated carbocycles. The van der Waals surface area contributed by atoms with Gasteiger partial charge in [-0.15, -0.1) is 0 Å². The zero-order valence-electron chi connectivity index (χ0n) is 12.4. The van der Waals surface area contributed by atoms with Crippen LogP contribution in [0.3, 0.4) is 0 Å². The number of carbonyl (C=O) groups excluding carboxylic acids is 1. The maximum atomic E-state index is 12.5. The van der Waals surface area contributed by atoms with Crippen molar-refractivity contribution in [2.24, 2.45) is 5.92 Å². The Bertz CT molecular complexity index is 573. The Hall–Kier alpha value is -2.46. The van der Waals surface area contributed by atoms with Gasteiger partial charge in [0.05, 0.1) is 0 Å². The minimum absolute atomic E-state index is 0.332. The first-order chi connectivity index (χ1) is 11.4. The molecule has 0 saturated heterocycles. The average Bonchev–Trinajstić information content (AvgIpc) is 2.47. The van der Waals surface area contributed by atoms with Gasteiger partial charge < -0.3 is 15.2 Å². The monoisotopic (exact) mass is 373 g/mol. The molecule has 1 amide bonds. The SMILES string of the molecule is O=C(N[C@H](CC(C(F)(F)F)C(F)(F)F)C(=O)O)OCc1ccccc1. The number of aliphatic carboxylic acids is 1. The zero-order valence-corrected chi connectivity index (χ0v) is 12.4. The van der Waals surface area contributed by atoms with E-state index in [1.54, 1.807) is 30.3 Å². The molecule has 11 heteroatoms. The van der Waals surface area contributed by atoms with Crippen molar-refractivity contribution in [2.75, 3.05) is 0 Å². The molecule has 0 unspecified atom stereocenters. The third-order valence-corrected chi connectivity index (χ3v) is 3.06. The molecular formula is C14H13F6NO4. The van der Waals surface area contributed by atoms with Crippen LogP contribution in [0.25, 0.3) is 0 Å². The number of ether oxygens (including phenoxy) is 1. The Morgan fingerprint density at radius 3 is 2.00 bits per heavy atom. The third-order valence-electron chi connectivity index (χ3n) is 3.06. The van der Waals surface area contributed by atoms with Crippen LogP contribution in [-0.4, -0.2) is 35.6 Å². The second kappa shape index (κ2) is 8.08. The first-order valence-electron chi connectivity index (χ1n) is 6.74. The maximum Gasteiger partial charge on any atom is 0.408 e. The highest BCUT2D eigenvalue weighted by Gasteiger charge is 2.57. The van der Waals surface area contributed by atoms with E-state index in [1.807, 2.05) is 0 Å². The lowest BCUT2D eigenvalue weighted by Gasteiger charge is -2.25. The number of benzene rings is 1. The van der Waals surface area contributed by atoms with E-state index in [-0.39, 0.29) is 6.61 Å². The number of rotatable bonds is 6. The van der Waals surface area contributed by atoms with Gasteiger partial charge >= 0.3 is 24.4 Å². The molecule has 1 atom stereocenters. The van der Waals surface area contributed by atoms with Crippen LogP contribution in [0.4, 0.5) is 31.1 Å². The molecule has 0 bridgehead atoms. The van der Waals surface area contributed by atoms with Crippen LogP contribution in [0.1, 0.15) is 12.0 Å². The predicted molar refractivity (Wildman–Crippen MR) is 71.4 cm³/mol. The summed E-state index contributed by atoms with van der Waals surface area (Å²) < 4.78 is 79.5. The minimum Gasteiger partial charge on any atom is -0.480 e. The van der Waals surface area contributed by atoms with Gasteiger partial charge in [-0.05, 0) is 12.0 Å². The number of carbonyl (C=O) groups is 2. The van der Waals surface area contributed by atoms with Gasteiger partial charge in [0.25, 0.3) is 0 Å². The summed E-state index contributed by atoms with van der Waals surface area (Å²) in [5, 5.41) is 10.3. The first-order valence-corrected chi connectivity index (χ1v) is 6.74. The van der Waals surface area contributed by atoms with E-state index in [4.69, 9.17) is 5.11 Å². The smallest absolute Gasteiger partial charge is 0.408 e. The van der Waals surface area contributed by atoms with Crippen molar-refractivity contribution in [1.29, 1.82) is 0 Å². The molecule has 5 nitrogen and oxygen atoms in total. The summed E-state index contributed by atoms with van der Waals surface area (Å²) in [5.41, 5.74) is 0.494. The molecule has 0 radical (unpaired) electrons. The van der Waals surface area contributed by atoms with E-state index in [0.717, 1.165) is 0 Å². The van der Waals surface area contributed by atoms with E-state index in [9.17, 15) is 35.9 Å². The number of alkyl carbamates (subject to hydrolysis) is 1. The highest BCUT2D eigenvalue weighted by atomic mass is 19.4. The third kappa shape index (κ3) is 6.89. The van der Waals surface area contributed by atoms with Crippen molar-refractivity contribution < 1.29 is 45.8 Å². The van der Waals surface area contributed by atoms with Gasteiger partial charge in [-0.3, -0.25) is 0 Å². The predicted octanol–water partition coefficient (Wildman–Crippen LogP) is 3.50. The highest BCUT2D eigenvalue weighted by Crippen LogP contribution is 2.41. The molecule has 25 heavy (non-hydrogen) atoms. The Kier molecular flexibility index (Phi) is 6.65. The number of hydrogen-bond donors (Lipinski definition) is 2. The van der Waals surface area contributed by atoms with Crippen LogP contribution >= 0.6 is 0 Å². The van der Waals surface area contributed by atoms with Crippen molar-refractivity contribution in [2.45, 2.75) is 31.4 Å². The van der Waals surface area contributed by atoms with Crippen LogP contribution in [0.5, 0.6) is 0 Å². The lowest BCUT2D eigenvalue weighted by Crippen LogP contribution is -2.47. The molecule has 0 heterocycles. The van der Waals surface area contributed by atoms with Crippen LogP contribution < -0.4 is 5.32 Å². The first kappa shape index (κ1) is 20.6. The molecule has 2 N–H and O–H groups in total. The largest absolute Gasteiger partial charge is 0.480 e. The Balaban J connectivity index is 2.73. The van der Waals surface area contributed by atoms with Crippen molar-refractivity contribution in [3.63, 3.8) is 0 Å². The molecule has 1 aromatic carbocycles. The van der Waals surface area contributed by atoms with Gasteiger partial charge in [-0.25, -0.2) is 9.59 Å². The number of carboxylic acid groups (broad SMARTS) is 1. The van der Waals surface area contributed by atoms with E-state index >= 15 is 0 Å². The van der Waals surface area contributed by atoms with Crippen LogP contribution in [-0.2, 0) is 16.1 Å². The number of hydrogen-bond acceptors (Lipinski definition) is 3. The summed E-state index contributed by atoms with van der Waals surface area (Å²) in [6, 6.07) is 5.55. The maximum absolute atomic E-state index is 12.5. The minimum atomic E-state index is -5.71. The van der Waals surface area contributed by atoms with Gasteiger partial charge in [-0.1, -0.05) is 30.3 Å². The highest BCUT2D eigenvalue weighted by molar-refractivity contribution is 5.79. The number of halogens is 6. The summed E-state index contributed by atoms with van der Waals surface area (Å²) >= 11 is 0. The summed E-state index contributed by atoms with van der Waals surface area (Å²) in [6.07, 6.45) is -14.8. The van der Waals surface area contributed by atoms with E-state index < -0.39 is 42.8 Å². The molecule has 0 aromatic heterocycles. The fourth-order valence-corrected chi connectivity index (χ4v) is 1.82. The van der Waals surface area contributed by atoms with Crippen molar-refractivity contribution in [1.82, 2.24) is 5.32 Å².